The summed E-state index contributed by atoms with van der Waals surface area (Å²) in [5.41, 5.74) is -0.336. The monoisotopic (exact) mass is 274 g/mol. The molecule has 92 valence electrons. The molecule has 2 rings (SSSR count). The molecule has 0 radical (unpaired) electrons. The van der Waals surface area contributed by atoms with Crippen molar-refractivity contribution in [2.75, 3.05) is 7.11 Å². The molecule has 0 aliphatic heterocycles. The van der Waals surface area contributed by atoms with Crippen molar-refractivity contribution >= 4 is 29.2 Å². The molecule has 1 aliphatic rings. The minimum absolute atomic E-state index is 0.346. The van der Waals surface area contributed by atoms with E-state index in [0.717, 1.165) is 6.42 Å². The highest BCUT2D eigenvalue weighted by Crippen LogP contribution is 2.49. The van der Waals surface area contributed by atoms with Crippen molar-refractivity contribution in [3.05, 3.63) is 27.7 Å². The maximum atomic E-state index is 11.4. The Kier molecular flexibility index (Phi) is 3.23. The number of carbonyl (C=O) groups is 1. The van der Waals surface area contributed by atoms with E-state index in [1.54, 1.807) is 12.1 Å². The molecule has 0 heterocycles. The van der Waals surface area contributed by atoms with E-state index in [4.69, 9.17) is 27.9 Å². The third-order valence-corrected chi connectivity index (χ3v) is 3.96. The lowest BCUT2D eigenvalue weighted by atomic mass is 9.64. The molecule has 1 aliphatic carbocycles. The fourth-order valence-electron chi connectivity index (χ4n) is 2.19. The second kappa shape index (κ2) is 4.39. The molecule has 0 saturated heterocycles. The molecule has 1 N–H and O–H groups in total. The van der Waals surface area contributed by atoms with Crippen LogP contribution in [0.3, 0.4) is 0 Å². The molecule has 1 aromatic carbocycles. The number of carboxylic acids is 1. The Labute approximate surface area is 109 Å². The highest BCUT2D eigenvalue weighted by molar-refractivity contribution is 6.35. The number of hydrogen-bond donors (Lipinski definition) is 1. The normalized spacial score (nSPS) is 17.4. The van der Waals surface area contributed by atoms with Crippen LogP contribution in [-0.2, 0) is 10.2 Å². The summed E-state index contributed by atoms with van der Waals surface area (Å²) in [4.78, 5) is 11.4. The summed E-state index contributed by atoms with van der Waals surface area (Å²) in [5.74, 6) is -0.434. The quantitative estimate of drug-likeness (QED) is 0.918. The largest absolute Gasteiger partial charge is 0.495 e. The van der Waals surface area contributed by atoms with Gasteiger partial charge in [0, 0.05) is 11.1 Å². The second-order valence-corrected chi connectivity index (χ2v) is 5.02. The molecular weight excluding hydrogens is 263 g/mol. The Bertz CT molecular complexity index is 467. The summed E-state index contributed by atoms with van der Waals surface area (Å²) in [6, 6.07) is 3.21. The van der Waals surface area contributed by atoms with Crippen molar-refractivity contribution in [3.8, 4) is 5.75 Å². The van der Waals surface area contributed by atoms with Gasteiger partial charge in [0.2, 0.25) is 0 Å². The average molecular weight is 275 g/mol. The fourth-order valence-corrected chi connectivity index (χ4v) is 2.77. The lowest BCUT2D eigenvalue weighted by Crippen LogP contribution is -2.42. The Morgan fingerprint density at radius 2 is 2.06 bits per heavy atom. The summed E-state index contributed by atoms with van der Waals surface area (Å²) in [6.07, 6.45) is 2.06. The van der Waals surface area contributed by atoms with Gasteiger partial charge < -0.3 is 9.84 Å². The maximum absolute atomic E-state index is 11.4. The number of ether oxygens (including phenoxy) is 1. The van der Waals surface area contributed by atoms with Crippen LogP contribution in [0.15, 0.2) is 12.1 Å². The van der Waals surface area contributed by atoms with Gasteiger partial charge in [-0.25, -0.2) is 0 Å². The minimum Gasteiger partial charge on any atom is -0.495 e. The van der Waals surface area contributed by atoms with Crippen molar-refractivity contribution in [2.45, 2.75) is 24.7 Å². The van der Waals surface area contributed by atoms with Gasteiger partial charge in [0.25, 0.3) is 0 Å². The number of carboxylic acid groups (broad SMARTS) is 1. The Morgan fingerprint density at radius 1 is 1.41 bits per heavy atom. The van der Waals surface area contributed by atoms with Crippen molar-refractivity contribution in [3.63, 3.8) is 0 Å². The number of hydrogen-bond acceptors (Lipinski definition) is 2. The van der Waals surface area contributed by atoms with Crippen molar-refractivity contribution in [2.24, 2.45) is 0 Å². The highest BCUT2D eigenvalue weighted by Gasteiger charge is 2.47. The molecule has 3 nitrogen and oxygen atoms in total. The van der Waals surface area contributed by atoms with E-state index in [1.807, 2.05) is 0 Å². The van der Waals surface area contributed by atoms with Crippen LogP contribution in [0.2, 0.25) is 10.0 Å². The third kappa shape index (κ3) is 1.87. The smallest absolute Gasteiger partial charge is 0.314 e. The van der Waals surface area contributed by atoms with E-state index in [9.17, 15) is 9.90 Å². The molecule has 1 saturated carbocycles. The Hall–Kier alpha value is -0.930. The third-order valence-electron chi connectivity index (χ3n) is 3.36. The predicted molar refractivity (Wildman–Crippen MR) is 66.2 cm³/mol. The summed E-state index contributed by atoms with van der Waals surface area (Å²) in [6.45, 7) is 0. The summed E-state index contributed by atoms with van der Waals surface area (Å²) < 4.78 is 5.10. The number of halogens is 2. The maximum Gasteiger partial charge on any atom is 0.314 e. The molecule has 1 aromatic rings. The minimum atomic E-state index is -0.894. The first-order valence-electron chi connectivity index (χ1n) is 5.28. The van der Waals surface area contributed by atoms with Crippen LogP contribution in [0.25, 0.3) is 0 Å². The first-order valence-corrected chi connectivity index (χ1v) is 6.04. The molecular formula is C12H12Cl2O3. The first-order chi connectivity index (χ1) is 8.01. The molecule has 0 aromatic heterocycles. The highest BCUT2D eigenvalue weighted by atomic mass is 35.5. The van der Waals surface area contributed by atoms with Crippen LogP contribution < -0.4 is 4.74 Å². The molecule has 5 heteroatoms. The van der Waals surface area contributed by atoms with Crippen LogP contribution in [0.1, 0.15) is 24.8 Å². The molecule has 17 heavy (non-hydrogen) atoms. The van der Waals surface area contributed by atoms with Gasteiger partial charge in [-0.1, -0.05) is 29.6 Å². The SMILES string of the molecule is COc1cc(Cl)cc(C2(C(=O)O)CCC2)c1Cl. The van der Waals surface area contributed by atoms with Crippen molar-refractivity contribution in [1.82, 2.24) is 0 Å². The van der Waals surface area contributed by atoms with Gasteiger partial charge in [-0.2, -0.15) is 0 Å². The summed E-state index contributed by atoms with van der Waals surface area (Å²) in [7, 11) is 1.48. The fraction of sp³-hybridized carbons (Fsp3) is 0.417. The number of methoxy groups -OCH3 is 1. The van der Waals surface area contributed by atoms with Gasteiger partial charge >= 0.3 is 5.97 Å². The standard InChI is InChI=1S/C12H12Cl2O3/c1-17-9-6-7(13)5-8(10(9)14)12(11(15)16)3-2-4-12/h5-6H,2-4H2,1H3,(H,15,16). The van der Waals surface area contributed by atoms with Gasteiger partial charge in [-0.05, 0) is 24.5 Å². The molecule has 0 unspecified atom stereocenters. The van der Waals surface area contributed by atoms with E-state index in [0.29, 0.717) is 34.2 Å². The van der Waals surface area contributed by atoms with Crippen molar-refractivity contribution < 1.29 is 14.6 Å². The van der Waals surface area contributed by atoms with E-state index in [-0.39, 0.29) is 0 Å². The topological polar surface area (TPSA) is 46.5 Å². The first kappa shape index (κ1) is 12.5. The zero-order valence-electron chi connectivity index (χ0n) is 9.30. The lowest BCUT2D eigenvalue weighted by Gasteiger charge is -2.38. The summed E-state index contributed by atoms with van der Waals surface area (Å²) in [5, 5.41) is 10.2. The molecule has 0 spiro atoms. The lowest BCUT2D eigenvalue weighted by molar-refractivity contribution is -0.147. The Balaban J connectivity index is 2.58. The predicted octanol–water partition coefficient (Wildman–Crippen LogP) is 3.51. The zero-order chi connectivity index (χ0) is 12.6. The second-order valence-electron chi connectivity index (χ2n) is 4.21. The van der Waals surface area contributed by atoms with Crippen LogP contribution in [-0.4, -0.2) is 18.2 Å². The number of benzene rings is 1. The van der Waals surface area contributed by atoms with Crippen LogP contribution in [0.5, 0.6) is 5.75 Å². The zero-order valence-corrected chi connectivity index (χ0v) is 10.8. The van der Waals surface area contributed by atoms with E-state index in [1.165, 1.54) is 7.11 Å². The van der Waals surface area contributed by atoms with Crippen molar-refractivity contribution in [1.29, 1.82) is 0 Å². The van der Waals surface area contributed by atoms with E-state index < -0.39 is 11.4 Å². The average Bonchev–Trinajstić information content (AvgIpc) is 2.20. The van der Waals surface area contributed by atoms with Gasteiger partial charge in [-0.3, -0.25) is 4.79 Å². The number of rotatable bonds is 3. The van der Waals surface area contributed by atoms with Gasteiger partial charge in [0.05, 0.1) is 17.5 Å². The molecule has 0 atom stereocenters. The van der Waals surface area contributed by atoms with Gasteiger partial charge in [0.15, 0.2) is 0 Å². The number of aliphatic carboxylic acids is 1. The van der Waals surface area contributed by atoms with E-state index in [2.05, 4.69) is 0 Å². The molecule has 0 bridgehead atoms. The summed E-state index contributed by atoms with van der Waals surface area (Å²) >= 11 is 12.1. The van der Waals surface area contributed by atoms with E-state index >= 15 is 0 Å². The van der Waals surface area contributed by atoms with Crippen LogP contribution >= 0.6 is 23.2 Å². The molecule has 1 fully saturated rings. The van der Waals surface area contributed by atoms with Crippen LogP contribution in [0.4, 0.5) is 0 Å². The van der Waals surface area contributed by atoms with Crippen LogP contribution in [0, 0.1) is 0 Å². The molecule has 0 amide bonds. The van der Waals surface area contributed by atoms with Gasteiger partial charge in [-0.15, -0.1) is 0 Å². The van der Waals surface area contributed by atoms with Gasteiger partial charge in [0.1, 0.15) is 5.75 Å². The Morgan fingerprint density at radius 3 is 2.47 bits per heavy atom.